The first-order chi connectivity index (χ1) is 16.5. The van der Waals surface area contributed by atoms with Crippen molar-refractivity contribution in [2.24, 2.45) is 0 Å². The molecule has 0 amide bonds. The summed E-state index contributed by atoms with van der Waals surface area (Å²) in [5.74, 6) is -0.0854. The van der Waals surface area contributed by atoms with E-state index in [2.05, 4.69) is 0 Å². The van der Waals surface area contributed by atoms with E-state index in [9.17, 15) is 9.59 Å². The van der Waals surface area contributed by atoms with Crippen molar-refractivity contribution < 1.29 is 28.5 Å². The fourth-order valence-corrected chi connectivity index (χ4v) is 4.03. The molecule has 0 aliphatic carbocycles. The molecule has 0 heterocycles. The number of rotatable bonds is 12. The van der Waals surface area contributed by atoms with E-state index < -0.39 is 11.9 Å². The number of hydrogen-bond acceptors (Lipinski definition) is 6. The molecule has 0 atom stereocenters. The minimum absolute atomic E-state index is 0.267. The van der Waals surface area contributed by atoms with Gasteiger partial charge in [0.2, 0.25) is 0 Å². The van der Waals surface area contributed by atoms with Crippen LogP contribution in [0.5, 0.6) is 11.5 Å². The Labute approximate surface area is 209 Å². The molecule has 0 N–H and O–H groups in total. The van der Waals surface area contributed by atoms with Crippen LogP contribution < -0.4 is 9.47 Å². The first kappa shape index (κ1) is 25.9. The molecule has 3 aromatic rings. The van der Waals surface area contributed by atoms with Crippen LogP contribution in [0, 0.1) is 0 Å². The number of hydrogen-bond donors (Lipinski definition) is 0. The Balaban J connectivity index is 2.00. The number of carbonyl (C=O) groups excluding carboxylic acids is 2. The van der Waals surface area contributed by atoms with E-state index >= 15 is 0 Å². The number of ether oxygens (including phenoxy) is 4. The molecule has 0 aliphatic heterocycles. The van der Waals surface area contributed by atoms with Crippen LogP contribution in [0.4, 0.5) is 0 Å². The fraction of sp³-hybridized carbons (Fsp3) is 0.385. The molecular weight excluding hydrogens is 479 g/mol. The Morgan fingerprint density at radius 3 is 1.85 bits per heavy atom. The summed E-state index contributed by atoms with van der Waals surface area (Å²) < 4.78 is 22.3. The molecule has 0 fully saturated rings. The molecule has 0 aliphatic rings. The normalized spacial score (nSPS) is 10.9. The summed E-state index contributed by atoms with van der Waals surface area (Å²) in [5.41, 5.74) is 0. The second kappa shape index (κ2) is 12.7. The lowest BCUT2D eigenvalue weighted by Crippen LogP contribution is -2.17. The van der Waals surface area contributed by atoms with Gasteiger partial charge in [-0.2, -0.15) is 0 Å². The van der Waals surface area contributed by atoms with Gasteiger partial charge < -0.3 is 18.9 Å². The number of carbonyl (C=O) groups is 2. The lowest BCUT2D eigenvalue weighted by Gasteiger charge is -2.18. The smallest absolute Gasteiger partial charge is 0.344 e. The van der Waals surface area contributed by atoms with Gasteiger partial charge in [0.1, 0.15) is 11.5 Å². The molecule has 0 spiro atoms. The summed E-state index contributed by atoms with van der Waals surface area (Å²) in [7, 11) is 0. The van der Waals surface area contributed by atoms with Gasteiger partial charge in [-0.3, -0.25) is 0 Å². The van der Waals surface area contributed by atoms with Crippen LogP contribution in [0.3, 0.4) is 0 Å². The van der Waals surface area contributed by atoms with Gasteiger partial charge in [-0.15, -0.1) is 0 Å². The third-order valence-electron chi connectivity index (χ3n) is 5.13. The van der Waals surface area contributed by atoms with Crippen LogP contribution in [-0.4, -0.2) is 38.4 Å². The second-order valence-electron chi connectivity index (χ2n) is 7.74. The van der Waals surface area contributed by atoms with E-state index in [1.807, 2.05) is 38.1 Å². The Bertz CT molecular complexity index is 1160. The lowest BCUT2D eigenvalue weighted by atomic mass is 10.0. The molecule has 0 bridgehead atoms. The summed E-state index contributed by atoms with van der Waals surface area (Å²) in [6, 6.07) is 10.6. The zero-order valence-corrected chi connectivity index (χ0v) is 20.8. The third-order valence-corrected chi connectivity index (χ3v) is 5.65. The Morgan fingerprint density at radius 2 is 1.29 bits per heavy atom. The summed E-state index contributed by atoms with van der Waals surface area (Å²) in [6.45, 7) is 4.19. The molecule has 8 heteroatoms. The first-order valence-corrected chi connectivity index (χ1v) is 12.1. The molecule has 3 rings (SSSR count). The molecule has 6 nitrogen and oxygen atoms in total. The van der Waals surface area contributed by atoms with Gasteiger partial charge in [0.25, 0.3) is 0 Å². The van der Waals surface area contributed by atoms with Crippen LogP contribution in [0.2, 0.25) is 10.0 Å². The number of unbranched alkanes of at least 4 members (excludes halogenated alkanes) is 2. The zero-order valence-electron chi connectivity index (χ0n) is 19.3. The minimum atomic E-state index is -0.467. The summed E-state index contributed by atoms with van der Waals surface area (Å²) in [4.78, 5) is 24.4. The first-order valence-electron chi connectivity index (χ1n) is 11.4. The van der Waals surface area contributed by atoms with Gasteiger partial charge in [-0.05, 0) is 25.0 Å². The Kier molecular flexibility index (Phi) is 9.66. The molecule has 0 saturated carbocycles. The van der Waals surface area contributed by atoms with E-state index in [0.29, 0.717) is 56.3 Å². The fourth-order valence-electron chi connectivity index (χ4n) is 3.45. The van der Waals surface area contributed by atoms with Crippen LogP contribution in [0.1, 0.15) is 39.5 Å². The molecule has 0 saturated heterocycles. The van der Waals surface area contributed by atoms with Gasteiger partial charge in [-0.25, -0.2) is 9.59 Å². The summed E-state index contributed by atoms with van der Waals surface area (Å²) >= 11 is 12.9. The molecule has 3 aromatic carbocycles. The topological polar surface area (TPSA) is 71.1 Å². The van der Waals surface area contributed by atoms with Crippen molar-refractivity contribution in [2.75, 3.05) is 26.4 Å². The van der Waals surface area contributed by atoms with Gasteiger partial charge in [0.05, 0.1) is 18.2 Å². The summed E-state index contributed by atoms with van der Waals surface area (Å²) in [5, 5.41) is 3.18. The van der Waals surface area contributed by atoms with Crippen LogP contribution in [0.25, 0.3) is 21.5 Å². The SMILES string of the molecule is CCCCOC(=O)COc1c2ccccc2c(OCC(=O)OCCCC)c2c(Cl)cc(Cl)cc12. The maximum atomic E-state index is 12.2. The van der Waals surface area contributed by atoms with E-state index in [1.165, 1.54) is 0 Å². The largest absolute Gasteiger partial charge is 0.481 e. The minimum Gasteiger partial charge on any atom is -0.481 e. The van der Waals surface area contributed by atoms with Crippen LogP contribution in [0.15, 0.2) is 36.4 Å². The lowest BCUT2D eigenvalue weighted by molar-refractivity contribution is -0.146. The van der Waals surface area contributed by atoms with E-state index in [1.54, 1.807) is 12.1 Å². The highest BCUT2D eigenvalue weighted by atomic mass is 35.5. The second-order valence-corrected chi connectivity index (χ2v) is 8.58. The monoisotopic (exact) mass is 506 g/mol. The summed E-state index contributed by atoms with van der Waals surface area (Å²) in [6.07, 6.45) is 3.42. The van der Waals surface area contributed by atoms with Crippen molar-refractivity contribution in [3.63, 3.8) is 0 Å². The maximum absolute atomic E-state index is 12.2. The van der Waals surface area contributed by atoms with E-state index in [4.69, 9.17) is 42.1 Å². The molecule has 34 heavy (non-hydrogen) atoms. The third kappa shape index (κ3) is 6.45. The number of benzene rings is 3. The highest BCUT2D eigenvalue weighted by Crippen LogP contribution is 2.46. The molecule has 0 aromatic heterocycles. The van der Waals surface area contributed by atoms with Crippen molar-refractivity contribution >= 4 is 56.7 Å². The average molecular weight is 507 g/mol. The quantitative estimate of drug-likeness (QED) is 0.154. The van der Waals surface area contributed by atoms with Gasteiger partial charge >= 0.3 is 11.9 Å². The van der Waals surface area contributed by atoms with Crippen LogP contribution in [-0.2, 0) is 19.1 Å². The highest BCUT2D eigenvalue weighted by Gasteiger charge is 2.21. The van der Waals surface area contributed by atoms with Gasteiger partial charge in [0, 0.05) is 26.6 Å². The van der Waals surface area contributed by atoms with Crippen molar-refractivity contribution in [2.45, 2.75) is 39.5 Å². The van der Waals surface area contributed by atoms with Crippen molar-refractivity contribution in [1.82, 2.24) is 0 Å². The highest BCUT2D eigenvalue weighted by molar-refractivity contribution is 6.40. The van der Waals surface area contributed by atoms with E-state index in [0.717, 1.165) is 25.7 Å². The van der Waals surface area contributed by atoms with E-state index in [-0.39, 0.29) is 13.2 Å². The average Bonchev–Trinajstić information content (AvgIpc) is 2.81. The zero-order chi connectivity index (χ0) is 24.5. The predicted octanol–water partition coefficient (Wildman–Crippen LogP) is 6.74. The maximum Gasteiger partial charge on any atom is 0.344 e. The van der Waals surface area contributed by atoms with Crippen molar-refractivity contribution in [3.05, 3.63) is 46.4 Å². The van der Waals surface area contributed by atoms with Crippen molar-refractivity contribution in [3.8, 4) is 11.5 Å². The Hall–Kier alpha value is -2.70. The number of halogens is 2. The van der Waals surface area contributed by atoms with Gasteiger partial charge in [-0.1, -0.05) is 74.2 Å². The van der Waals surface area contributed by atoms with Crippen LogP contribution >= 0.6 is 23.2 Å². The molecule has 0 radical (unpaired) electrons. The molecule has 182 valence electrons. The predicted molar refractivity (Wildman–Crippen MR) is 134 cm³/mol. The molecular formula is C26H28Cl2O6. The number of esters is 2. The Morgan fingerprint density at radius 1 is 0.765 bits per heavy atom. The van der Waals surface area contributed by atoms with Crippen molar-refractivity contribution in [1.29, 1.82) is 0 Å². The standard InChI is InChI=1S/C26H28Cl2O6/c1-3-5-11-31-22(29)15-33-25-18-9-7-8-10-19(18)26(34-16-23(30)32-12-6-4-2)24-20(25)13-17(27)14-21(24)28/h7-10,13-14H,3-6,11-12,15-16H2,1-2H3. The molecule has 0 unspecified atom stereocenters. The number of fused-ring (bicyclic) bond motifs is 2. The van der Waals surface area contributed by atoms with Gasteiger partial charge in [0.15, 0.2) is 13.2 Å².